The zero-order chi connectivity index (χ0) is 14.3. The molecule has 2 aromatic heterocycles. The fraction of sp³-hybridized carbons (Fsp3) is 0.133. The fourth-order valence-electron chi connectivity index (χ4n) is 2.14. The van der Waals surface area contributed by atoms with Gasteiger partial charge in [-0.1, -0.05) is 0 Å². The lowest BCUT2D eigenvalue weighted by molar-refractivity contribution is 0.0968. The molecule has 2 heterocycles. The summed E-state index contributed by atoms with van der Waals surface area (Å²) in [4.78, 5) is 13.3. The minimum atomic E-state index is -0.331. The van der Waals surface area contributed by atoms with Gasteiger partial charge < -0.3 is 4.42 Å². The highest BCUT2D eigenvalue weighted by Crippen LogP contribution is 2.28. The topological polar surface area (TPSA) is 30.2 Å². The van der Waals surface area contributed by atoms with Crippen molar-refractivity contribution in [1.29, 1.82) is 0 Å². The van der Waals surface area contributed by atoms with Gasteiger partial charge in [-0.05, 0) is 53.2 Å². The van der Waals surface area contributed by atoms with Gasteiger partial charge in [0, 0.05) is 22.2 Å². The van der Waals surface area contributed by atoms with E-state index in [-0.39, 0.29) is 11.6 Å². The predicted octanol–water partition coefficient (Wildman–Crippen LogP) is 5.13. The number of ketones is 1. The molecule has 0 unspecified atom stereocenters. The molecule has 0 aliphatic rings. The Morgan fingerprint density at radius 3 is 2.85 bits per heavy atom. The lowest BCUT2D eigenvalue weighted by Gasteiger charge is -1.96. The third-order valence-electron chi connectivity index (χ3n) is 3.12. The molecule has 5 heteroatoms. The first-order valence-corrected chi connectivity index (χ1v) is 7.61. The van der Waals surface area contributed by atoms with Crippen molar-refractivity contribution >= 4 is 44.0 Å². The van der Waals surface area contributed by atoms with Crippen LogP contribution in [0.25, 0.3) is 11.0 Å². The van der Waals surface area contributed by atoms with Crippen molar-refractivity contribution < 1.29 is 13.6 Å². The highest BCUT2D eigenvalue weighted by molar-refractivity contribution is 9.11. The van der Waals surface area contributed by atoms with Gasteiger partial charge in [0.1, 0.15) is 11.4 Å². The molecule has 0 bridgehead atoms. The molecule has 3 aromatic rings. The lowest BCUT2D eigenvalue weighted by Crippen LogP contribution is -2.02. The molecule has 102 valence electrons. The van der Waals surface area contributed by atoms with Crippen LogP contribution in [0.5, 0.6) is 0 Å². The van der Waals surface area contributed by atoms with Gasteiger partial charge in [0.2, 0.25) is 5.78 Å². The van der Waals surface area contributed by atoms with Gasteiger partial charge in [0.05, 0.1) is 3.79 Å². The van der Waals surface area contributed by atoms with Crippen molar-refractivity contribution in [2.24, 2.45) is 0 Å². The molecule has 2 nitrogen and oxygen atoms in total. The Morgan fingerprint density at radius 1 is 1.35 bits per heavy atom. The standard InChI is InChI=1S/C15H10BrFO2S/c1-8-11-6-9(17)2-4-13(11)19-15(8)12(18)7-10-3-5-14(16)20-10/h2-6H,7H2,1H3. The van der Waals surface area contributed by atoms with Crippen LogP contribution in [-0.4, -0.2) is 5.78 Å². The molecule has 0 fully saturated rings. The molecule has 0 N–H and O–H groups in total. The van der Waals surface area contributed by atoms with E-state index in [9.17, 15) is 9.18 Å². The summed E-state index contributed by atoms with van der Waals surface area (Å²) in [6.07, 6.45) is 0.291. The second-order valence-electron chi connectivity index (χ2n) is 4.50. The number of carbonyl (C=O) groups is 1. The van der Waals surface area contributed by atoms with Gasteiger partial charge in [0.15, 0.2) is 5.76 Å². The van der Waals surface area contributed by atoms with E-state index in [0.29, 0.717) is 28.7 Å². The van der Waals surface area contributed by atoms with Crippen molar-refractivity contribution in [1.82, 2.24) is 0 Å². The number of fused-ring (bicyclic) bond motifs is 1. The molecule has 20 heavy (non-hydrogen) atoms. The summed E-state index contributed by atoms with van der Waals surface area (Å²) >= 11 is 4.89. The van der Waals surface area contributed by atoms with Gasteiger partial charge in [-0.15, -0.1) is 11.3 Å². The maximum absolute atomic E-state index is 13.2. The molecule has 0 saturated heterocycles. The molecule has 0 atom stereocenters. The van der Waals surface area contributed by atoms with E-state index in [1.807, 2.05) is 12.1 Å². The minimum absolute atomic E-state index is 0.0894. The summed E-state index contributed by atoms with van der Waals surface area (Å²) < 4.78 is 19.8. The van der Waals surface area contributed by atoms with E-state index in [4.69, 9.17) is 4.42 Å². The first kappa shape index (κ1) is 13.5. The van der Waals surface area contributed by atoms with Crippen molar-refractivity contribution in [2.45, 2.75) is 13.3 Å². The van der Waals surface area contributed by atoms with E-state index in [2.05, 4.69) is 15.9 Å². The zero-order valence-corrected chi connectivity index (χ0v) is 13.0. The molecule has 0 amide bonds. The molecule has 0 saturated carbocycles. The Hall–Kier alpha value is -1.46. The van der Waals surface area contributed by atoms with E-state index in [1.165, 1.54) is 23.5 Å². The third-order valence-corrected chi connectivity index (χ3v) is 4.74. The van der Waals surface area contributed by atoms with Crippen LogP contribution in [0, 0.1) is 12.7 Å². The van der Waals surface area contributed by atoms with Gasteiger partial charge in [-0.3, -0.25) is 4.79 Å². The molecular weight excluding hydrogens is 343 g/mol. The number of benzene rings is 1. The van der Waals surface area contributed by atoms with Crippen LogP contribution < -0.4 is 0 Å². The Morgan fingerprint density at radius 2 is 2.15 bits per heavy atom. The van der Waals surface area contributed by atoms with E-state index in [1.54, 1.807) is 13.0 Å². The Balaban J connectivity index is 1.97. The smallest absolute Gasteiger partial charge is 0.203 e. The Kier molecular flexibility index (Phi) is 3.48. The summed E-state index contributed by atoms with van der Waals surface area (Å²) in [7, 11) is 0. The van der Waals surface area contributed by atoms with Crippen LogP contribution in [0.15, 0.2) is 38.5 Å². The van der Waals surface area contributed by atoms with Crippen LogP contribution in [0.2, 0.25) is 0 Å². The van der Waals surface area contributed by atoms with Gasteiger partial charge in [-0.25, -0.2) is 4.39 Å². The Labute approximate surface area is 127 Å². The monoisotopic (exact) mass is 352 g/mol. The summed E-state index contributed by atoms with van der Waals surface area (Å²) in [5.74, 6) is -0.105. The number of hydrogen-bond acceptors (Lipinski definition) is 3. The van der Waals surface area contributed by atoms with Crippen molar-refractivity contribution in [2.75, 3.05) is 0 Å². The number of rotatable bonds is 3. The Bertz CT molecular complexity index is 803. The van der Waals surface area contributed by atoms with Crippen molar-refractivity contribution in [3.8, 4) is 0 Å². The molecule has 3 rings (SSSR count). The van der Waals surface area contributed by atoms with E-state index >= 15 is 0 Å². The molecule has 1 aromatic carbocycles. The number of thiophene rings is 1. The SMILES string of the molecule is Cc1c(C(=O)Cc2ccc(Br)s2)oc2ccc(F)cc12. The lowest BCUT2D eigenvalue weighted by atomic mass is 10.1. The van der Waals surface area contributed by atoms with Crippen LogP contribution in [0.4, 0.5) is 4.39 Å². The summed E-state index contributed by atoms with van der Waals surface area (Å²) in [6, 6.07) is 8.09. The van der Waals surface area contributed by atoms with Crippen LogP contribution in [-0.2, 0) is 6.42 Å². The number of carbonyl (C=O) groups excluding carboxylic acids is 1. The summed E-state index contributed by atoms with van der Waals surface area (Å²) in [6.45, 7) is 1.78. The largest absolute Gasteiger partial charge is 0.453 e. The quantitative estimate of drug-likeness (QED) is 0.611. The minimum Gasteiger partial charge on any atom is -0.453 e. The van der Waals surface area contributed by atoms with E-state index < -0.39 is 0 Å². The first-order valence-electron chi connectivity index (χ1n) is 6.00. The maximum atomic E-state index is 13.2. The highest BCUT2D eigenvalue weighted by Gasteiger charge is 2.18. The number of aryl methyl sites for hydroxylation is 1. The molecule has 0 aliphatic heterocycles. The van der Waals surface area contributed by atoms with E-state index in [0.717, 1.165) is 8.66 Å². The molecule has 0 spiro atoms. The first-order chi connectivity index (χ1) is 9.54. The van der Waals surface area contributed by atoms with Gasteiger partial charge in [0.25, 0.3) is 0 Å². The molecule has 0 aliphatic carbocycles. The number of hydrogen-bond donors (Lipinski definition) is 0. The van der Waals surface area contributed by atoms with Crippen molar-refractivity contribution in [3.05, 3.63) is 56.1 Å². The summed E-state index contributed by atoms with van der Waals surface area (Å²) in [5, 5.41) is 0.653. The predicted molar refractivity (Wildman–Crippen MR) is 81.0 cm³/mol. The summed E-state index contributed by atoms with van der Waals surface area (Å²) in [5.41, 5.74) is 1.24. The third kappa shape index (κ3) is 2.43. The van der Waals surface area contributed by atoms with Gasteiger partial charge >= 0.3 is 0 Å². The highest BCUT2D eigenvalue weighted by atomic mass is 79.9. The number of Topliss-reactive ketones (excluding diaryl/α,β-unsaturated/α-hetero) is 1. The number of furan rings is 1. The molecule has 0 radical (unpaired) electrons. The fourth-order valence-corrected chi connectivity index (χ4v) is 3.63. The van der Waals surface area contributed by atoms with Crippen LogP contribution in [0.3, 0.4) is 0 Å². The second kappa shape index (κ2) is 5.14. The van der Waals surface area contributed by atoms with Crippen molar-refractivity contribution in [3.63, 3.8) is 0 Å². The maximum Gasteiger partial charge on any atom is 0.203 e. The second-order valence-corrected chi connectivity index (χ2v) is 7.05. The average Bonchev–Trinajstić information content (AvgIpc) is 2.94. The molecular formula is C15H10BrFO2S. The van der Waals surface area contributed by atoms with Gasteiger partial charge in [-0.2, -0.15) is 0 Å². The average molecular weight is 353 g/mol. The van der Waals surface area contributed by atoms with Crippen LogP contribution >= 0.6 is 27.3 Å². The normalized spacial score (nSPS) is 11.2. The number of halogens is 2. The van der Waals surface area contributed by atoms with Crippen LogP contribution in [0.1, 0.15) is 21.0 Å². The zero-order valence-electron chi connectivity index (χ0n) is 10.6.